The first-order valence-corrected chi connectivity index (χ1v) is 5.97. The number of nitrogens with zero attached hydrogens (tertiary/aromatic N) is 1. The Hall–Kier alpha value is -2.15. The summed E-state index contributed by atoms with van der Waals surface area (Å²) in [6, 6.07) is 3.29. The number of nitro groups is 1. The van der Waals surface area contributed by atoms with Crippen LogP contribution in [0, 0.1) is 10.1 Å². The van der Waals surface area contributed by atoms with Crippen LogP contribution in [0.15, 0.2) is 18.2 Å². The first kappa shape index (κ1) is 14.9. The van der Waals surface area contributed by atoms with Crippen molar-refractivity contribution in [3.8, 4) is 5.75 Å². The molecule has 19 heavy (non-hydrogen) atoms. The number of nitrogens with one attached hydrogen (secondary N) is 1. The van der Waals surface area contributed by atoms with Gasteiger partial charge in [0.15, 0.2) is 0 Å². The fourth-order valence-electron chi connectivity index (χ4n) is 1.69. The number of anilines is 1. The minimum absolute atomic E-state index is 0.0523. The van der Waals surface area contributed by atoms with Crippen molar-refractivity contribution in [2.24, 2.45) is 5.73 Å². The summed E-state index contributed by atoms with van der Waals surface area (Å²) in [6.45, 7) is 1.96. The average molecular weight is 267 g/mol. The highest BCUT2D eigenvalue weighted by Gasteiger charge is 2.17. The van der Waals surface area contributed by atoms with E-state index < -0.39 is 4.92 Å². The number of benzene rings is 1. The van der Waals surface area contributed by atoms with Crippen LogP contribution in [-0.2, 0) is 4.79 Å². The molecule has 0 aliphatic heterocycles. The van der Waals surface area contributed by atoms with Crippen LogP contribution < -0.4 is 11.1 Å². The van der Waals surface area contributed by atoms with Gasteiger partial charge in [0.2, 0.25) is 5.91 Å². The molecule has 1 aromatic carbocycles. The number of nitro benzene ring substituents is 1. The van der Waals surface area contributed by atoms with Crippen molar-refractivity contribution < 1.29 is 14.8 Å². The van der Waals surface area contributed by atoms with E-state index >= 15 is 0 Å². The molecule has 0 bridgehead atoms. The Morgan fingerprint density at radius 2 is 2.26 bits per heavy atom. The van der Waals surface area contributed by atoms with Crippen molar-refractivity contribution in [2.75, 3.05) is 5.32 Å². The Kier molecular flexibility index (Phi) is 5.25. The van der Waals surface area contributed by atoms with E-state index in [1.54, 1.807) is 0 Å². The van der Waals surface area contributed by atoms with Gasteiger partial charge >= 0.3 is 0 Å². The smallest absolute Gasteiger partial charge is 0.296 e. The molecule has 1 amide bonds. The van der Waals surface area contributed by atoms with Crippen molar-refractivity contribution in [3.63, 3.8) is 0 Å². The molecule has 7 nitrogen and oxygen atoms in total. The van der Waals surface area contributed by atoms with Crippen LogP contribution in [-0.4, -0.2) is 22.0 Å². The zero-order valence-electron chi connectivity index (χ0n) is 10.6. The van der Waals surface area contributed by atoms with Gasteiger partial charge in [-0.1, -0.05) is 13.3 Å². The molecule has 1 atom stereocenters. The molecule has 0 saturated carbocycles. The van der Waals surface area contributed by atoms with Gasteiger partial charge in [0, 0.05) is 12.5 Å². The summed E-state index contributed by atoms with van der Waals surface area (Å²) in [5, 5.41) is 22.4. The van der Waals surface area contributed by atoms with Crippen LogP contribution in [0.3, 0.4) is 0 Å². The van der Waals surface area contributed by atoms with Gasteiger partial charge in [-0.05, 0) is 18.6 Å². The molecule has 104 valence electrons. The van der Waals surface area contributed by atoms with Crippen molar-refractivity contribution >= 4 is 17.3 Å². The first-order valence-electron chi connectivity index (χ1n) is 5.97. The maximum absolute atomic E-state index is 11.7. The third-order valence-electron chi connectivity index (χ3n) is 2.56. The second kappa shape index (κ2) is 6.69. The monoisotopic (exact) mass is 267 g/mol. The summed E-state index contributed by atoms with van der Waals surface area (Å²) in [5.74, 6) is -0.609. The van der Waals surface area contributed by atoms with Gasteiger partial charge in [0.05, 0.1) is 11.0 Å². The van der Waals surface area contributed by atoms with E-state index in [9.17, 15) is 20.0 Å². The van der Waals surface area contributed by atoms with E-state index in [1.807, 2.05) is 6.92 Å². The lowest BCUT2D eigenvalue weighted by atomic mass is 10.1. The normalized spacial score (nSPS) is 11.9. The Balaban J connectivity index is 2.76. The van der Waals surface area contributed by atoms with E-state index in [0.29, 0.717) is 6.42 Å². The lowest BCUT2D eigenvalue weighted by Gasteiger charge is -2.10. The lowest BCUT2D eigenvalue weighted by molar-refractivity contribution is -0.384. The predicted octanol–water partition coefficient (Wildman–Crippen LogP) is 1.76. The quantitative estimate of drug-likeness (QED) is 0.412. The molecule has 0 fully saturated rings. The summed E-state index contributed by atoms with van der Waals surface area (Å²) in [7, 11) is 0. The van der Waals surface area contributed by atoms with Crippen molar-refractivity contribution in [1.29, 1.82) is 0 Å². The van der Waals surface area contributed by atoms with Gasteiger partial charge in [-0.15, -0.1) is 0 Å². The van der Waals surface area contributed by atoms with E-state index in [0.717, 1.165) is 12.5 Å². The van der Waals surface area contributed by atoms with Gasteiger partial charge in [-0.3, -0.25) is 14.9 Å². The Morgan fingerprint density at radius 3 is 2.84 bits per heavy atom. The molecule has 1 unspecified atom stereocenters. The zero-order valence-corrected chi connectivity index (χ0v) is 10.6. The number of phenols is 1. The fraction of sp³-hybridized carbons (Fsp3) is 0.417. The first-order chi connectivity index (χ1) is 8.93. The van der Waals surface area contributed by atoms with E-state index in [4.69, 9.17) is 5.73 Å². The standard InChI is InChI=1S/C12H17N3O4/c1-2-3-8(13)6-12(17)14-10-5-4-9(16)7-11(10)15(18)19/h4-5,7-8,16H,2-3,6,13H2,1H3,(H,14,17). The molecule has 1 rings (SSSR count). The van der Waals surface area contributed by atoms with E-state index in [2.05, 4.69) is 5.32 Å². The molecule has 4 N–H and O–H groups in total. The number of aromatic hydroxyl groups is 1. The van der Waals surface area contributed by atoms with Crippen LogP contribution >= 0.6 is 0 Å². The van der Waals surface area contributed by atoms with Crippen LogP contribution in [0.1, 0.15) is 26.2 Å². The molecule has 0 aliphatic rings. The summed E-state index contributed by atoms with van der Waals surface area (Å²) < 4.78 is 0. The highest BCUT2D eigenvalue weighted by Crippen LogP contribution is 2.28. The Morgan fingerprint density at radius 1 is 1.58 bits per heavy atom. The second-order valence-electron chi connectivity index (χ2n) is 4.26. The molecule has 0 heterocycles. The summed E-state index contributed by atoms with van der Waals surface area (Å²) in [5.41, 5.74) is 5.43. The molecule has 7 heteroatoms. The molecule has 1 aromatic rings. The summed E-state index contributed by atoms with van der Waals surface area (Å²) >= 11 is 0. The largest absolute Gasteiger partial charge is 0.508 e. The summed E-state index contributed by atoms with van der Waals surface area (Å²) in [4.78, 5) is 21.8. The SMILES string of the molecule is CCCC(N)CC(=O)Nc1ccc(O)cc1[N+](=O)[O-]. The van der Waals surface area contributed by atoms with Crippen LogP contribution in [0.4, 0.5) is 11.4 Å². The molecular weight excluding hydrogens is 250 g/mol. The van der Waals surface area contributed by atoms with Crippen molar-refractivity contribution in [2.45, 2.75) is 32.2 Å². The van der Waals surface area contributed by atoms with Gasteiger partial charge in [-0.25, -0.2) is 0 Å². The number of carbonyl (C=O) groups excluding carboxylic acids is 1. The molecular formula is C12H17N3O4. The zero-order chi connectivity index (χ0) is 14.4. The molecule has 0 saturated heterocycles. The summed E-state index contributed by atoms with van der Waals surface area (Å²) in [6.07, 6.45) is 1.69. The topological polar surface area (TPSA) is 118 Å². The van der Waals surface area contributed by atoms with Crippen LogP contribution in [0.25, 0.3) is 0 Å². The number of carbonyl (C=O) groups is 1. The van der Waals surface area contributed by atoms with E-state index in [1.165, 1.54) is 12.1 Å². The number of amides is 1. The van der Waals surface area contributed by atoms with Crippen molar-refractivity contribution in [3.05, 3.63) is 28.3 Å². The molecule has 0 aromatic heterocycles. The fourth-order valence-corrected chi connectivity index (χ4v) is 1.69. The minimum atomic E-state index is -0.665. The van der Waals surface area contributed by atoms with Crippen LogP contribution in [0.2, 0.25) is 0 Å². The average Bonchev–Trinajstić information content (AvgIpc) is 2.31. The molecule has 0 radical (unpaired) electrons. The predicted molar refractivity (Wildman–Crippen MR) is 70.9 cm³/mol. The Bertz CT molecular complexity index is 476. The van der Waals surface area contributed by atoms with Crippen molar-refractivity contribution in [1.82, 2.24) is 0 Å². The lowest BCUT2D eigenvalue weighted by Crippen LogP contribution is -2.27. The number of hydrogen-bond acceptors (Lipinski definition) is 5. The third kappa shape index (κ3) is 4.55. The van der Waals surface area contributed by atoms with Gasteiger partial charge < -0.3 is 16.2 Å². The maximum Gasteiger partial charge on any atom is 0.296 e. The minimum Gasteiger partial charge on any atom is -0.508 e. The third-order valence-corrected chi connectivity index (χ3v) is 2.56. The highest BCUT2D eigenvalue weighted by atomic mass is 16.6. The van der Waals surface area contributed by atoms with Crippen LogP contribution in [0.5, 0.6) is 5.75 Å². The molecule has 0 spiro atoms. The highest BCUT2D eigenvalue weighted by molar-refractivity contribution is 5.93. The van der Waals surface area contributed by atoms with Gasteiger partial charge in [0.25, 0.3) is 5.69 Å². The number of nitrogens with two attached hydrogens (primary N) is 1. The van der Waals surface area contributed by atoms with E-state index in [-0.39, 0.29) is 35.5 Å². The molecule has 0 aliphatic carbocycles. The van der Waals surface area contributed by atoms with Gasteiger partial charge in [-0.2, -0.15) is 0 Å². The maximum atomic E-state index is 11.7. The number of rotatable bonds is 6. The van der Waals surface area contributed by atoms with Gasteiger partial charge in [0.1, 0.15) is 11.4 Å². The number of phenolic OH excluding ortho intramolecular Hbond substituents is 1. The second-order valence-corrected chi connectivity index (χ2v) is 4.26. The number of hydrogen-bond donors (Lipinski definition) is 3. The Labute approximate surface area is 110 Å².